The van der Waals surface area contributed by atoms with Crippen LogP contribution in [-0.2, 0) is 4.74 Å². The summed E-state index contributed by atoms with van der Waals surface area (Å²) in [6, 6.07) is 8.49. The zero-order valence-electron chi connectivity index (χ0n) is 13.8. The first-order valence-electron chi connectivity index (χ1n) is 7.61. The summed E-state index contributed by atoms with van der Waals surface area (Å²) in [4.78, 5) is 16.3. The van der Waals surface area contributed by atoms with Crippen molar-refractivity contribution in [2.24, 2.45) is 0 Å². The van der Waals surface area contributed by atoms with Gasteiger partial charge in [-0.25, -0.2) is 13.6 Å². The molecule has 134 valence electrons. The molecule has 0 aliphatic heterocycles. The van der Waals surface area contributed by atoms with Gasteiger partial charge >= 0.3 is 5.97 Å². The quantitative estimate of drug-likeness (QED) is 0.553. The van der Waals surface area contributed by atoms with Crippen molar-refractivity contribution in [1.82, 2.24) is 10.1 Å². The van der Waals surface area contributed by atoms with Gasteiger partial charge in [-0.3, -0.25) is 0 Å². The number of aromatic nitrogens is 2. The SMILES string of the molecule is Cc1ccc(-c2noc(C(C)OC(=O)c3cc(Br)ccc3F)n2)cc1F. The van der Waals surface area contributed by atoms with E-state index < -0.39 is 23.7 Å². The van der Waals surface area contributed by atoms with Gasteiger partial charge < -0.3 is 9.26 Å². The van der Waals surface area contributed by atoms with Crippen molar-refractivity contribution in [2.45, 2.75) is 20.0 Å². The predicted molar refractivity (Wildman–Crippen MR) is 92.4 cm³/mol. The molecule has 0 saturated carbocycles. The Labute approximate surface area is 156 Å². The number of hydrogen-bond donors (Lipinski definition) is 0. The van der Waals surface area contributed by atoms with Crippen molar-refractivity contribution in [3.63, 3.8) is 0 Å². The molecule has 0 radical (unpaired) electrons. The van der Waals surface area contributed by atoms with E-state index in [4.69, 9.17) is 9.26 Å². The maximum Gasteiger partial charge on any atom is 0.341 e. The van der Waals surface area contributed by atoms with Gasteiger partial charge in [0.05, 0.1) is 5.56 Å². The van der Waals surface area contributed by atoms with Crippen LogP contribution in [0, 0.1) is 18.6 Å². The Bertz CT molecular complexity index is 975. The fourth-order valence-corrected chi connectivity index (χ4v) is 2.54. The highest BCUT2D eigenvalue weighted by Crippen LogP contribution is 2.24. The highest BCUT2D eigenvalue weighted by atomic mass is 79.9. The van der Waals surface area contributed by atoms with E-state index in [0.717, 1.165) is 6.07 Å². The maximum atomic E-state index is 13.8. The van der Waals surface area contributed by atoms with Crippen LogP contribution in [0.4, 0.5) is 8.78 Å². The Balaban J connectivity index is 1.77. The summed E-state index contributed by atoms with van der Waals surface area (Å²) in [5.74, 6) is -1.78. The third-order valence-corrected chi connectivity index (χ3v) is 4.14. The van der Waals surface area contributed by atoms with Crippen molar-refractivity contribution < 1.29 is 22.8 Å². The van der Waals surface area contributed by atoms with Crippen LogP contribution in [-0.4, -0.2) is 16.1 Å². The van der Waals surface area contributed by atoms with Crippen molar-refractivity contribution in [2.75, 3.05) is 0 Å². The van der Waals surface area contributed by atoms with E-state index in [1.165, 1.54) is 25.1 Å². The van der Waals surface area contributed by atoms with Gasteiger partial charge in [0.15, 0.2) is 6.10 Å². The standard InChI is InChI=1S/C18H13BrF2N2O3/c1-9-3-4-11(7-15(9)21)16-22-17(26-23-16)10(2)25-18(24)13-8-12(19)5-6-14(13)20/h3-8,10H,1-2H3. The average Bonchev–Trinajstić information content (AvgIpc) is 3.09. The van der Waals surface area contributed by atoms with Gasteiger partial charge in [-0.1, -0.05) is 33.2 Å². The zero-order chi connectivity index (χ0) is 18.8. The van der Waals surface area contributed by atoms with Crippen molar-refractivity contribution in [1.29, 1.82) is 0 Å². The third-order valence-electron chi connectivity index (χ3n) is 3.65. The molecule has 3 aromatic rings. The smallest absolute Gasteiger partial charge is 0.341 e. The Hall–Kier alpha value is -2.61. The monoisotopic (exact) mass is 422 g/mol. The van der Waals surface area contributed by atoms with Crippen LogP contribution in [0.1, 0.15) is 34.8 Å². The molecule has 3 rings (SSSR count). The van der Waals surface area contributed by atoms with Crippen LogP contribution in [0.15, 0.2) is 45.4 Å². The number of rotatable bonds is 4. The minimum atomic E-state index is -0.905. The lowest BCUT2D eigenvalue weighted by Gasteiger charge is -2.09. The lowest BCUT2D eigenvalue weighted by atomic mass is 10.1. The van der Waals surface area contributed by atoms with Crippen molar-refractivity contribution in [3.05, 3.63) is 69.5 Å². The first-order chi connectivity index (χ1) is 12.3. The highest BCUT2D eigenvalue weighted by molar-refractivity contribution is 9.10. The van der Waals surface area contributed by atoms with Gasteiger partial charge in [0.25, 0.3) is 5.89 Å². The Kier molecular flexibility index (Phi) is 5.13. The molecule has 1 heterocycles. The number of ether oxygens (including phenoxy) is 1. The fraction of sp³-hybridized carbons (Fsp3) is 0.167. The summed E-state index contributed by atoms with van der Waals surface area (Å²) in [6.07, 6.45) is -0.905. The van der Waals surface area contributed by atoms with Crippen molar-refractivity contribution >= 4 is 21.9 Å². The van der Waals surface area contributed by atoms with Gasteiger partial charge in [0.1, 0.15) is 11.6 Å². The number of carbonyl (C=O) groups is 1. The van der Waals surface area contributed by atoms with Gasteiger partial charge in [-0.2, -0.15) is 4.98 Å². The molecule has 1 aromatic heterocycles. The summed E-state index contributed by atoms with van der Waals surface area (Å²) in [5, 5.41) is 3.76. The first-order valence-corrected chi connectivity index (χ1v) is 8.40. The van der Waals surface area contributed by atoms with E-state index in [9.17, 15) is 13.6 Å². The number of carbonyl (C=O) groups excluding carboxylic acids is 1. The molecular weight excluding hydrogens is 410 g/mol. The summed E-state index contributed by atoms with van der Waals surface area (Å²) in [5.41, 5.74) is 0.710. The summed E-state index contributed by atoms with van der Waals surface area (Å²) < 4.78 is 38.2. The lowest BCUT2D eigenvalue weighted by Crippen LogP contribution is -2.11. The van der Waals surface area contributed by atoms with Crippen LogP contribution in [0.5, 0.6) is 0 Å². The molecule has 0 saturated heterocycles. The molecule has 0 aliphatic carbocycles. The van der Waals surface area contributed by atoms with E-state index in [-0.39, 0.29) is 17.3 Å². The number of benzene rings is 2. The molecule has 1 unspecified atom stereocenters. The number of aryl methyl sites for hydroxylation is 1. The average molecular weight is 423 g/mol. The molecule has 0 amide bonds. The van der Waals surface area contributed by atoms with Crippen LogP contribution < -0.4 is 0 Å². The minimum Gasteiger partial charge on any atom is -0.449 e. The molecule has 1 atom stereocenters. The molecule has 0 N–H and O–H groups in total. The fourth-order valence-electron chi connectivity index (χ4n) is 2.18. The predicted octanol–water partition coefficient (Wildman–Crippen LogP) is 5.00. The molecule has 0 fully saturated rings. The topological polar surface area (TPSA) is 65.2 Å². The molecule has 5 nitrogen and oxygen atoms in total. The molecular formula is C18H13BrF2N2O3. The largest absolute Gasteiger partial charge is 0.449 e. The summed E-state index contributed by atoms with van der Waals surface area (Å²) in [6.45, 7) is 3.16. The van der Waals surface area contributed by atoms with Gasteiger partial charge in [0.2, 0.25) is 5.82 Å². The Morgan fingerprint density at radius 1 is 1.19 bits per heavy atom. The number of halogens is 3. The van der Waals surface area contributed by atoms with E-state index >= 15 is 0 Å². The zero-order valence-corrected chi connectivity index (χ0v) is 15.4. The van der Waals surface area contributed by atoms with Gasteiger partial charge in [-0.15, -0.1) is 0 Å². The number of nitrogens with zero attached hydrogens (tertiary/aromatic N) is 2. The number of esters is 1. The Morgan fingerprint density at radius 3 is 2.69 bits per heavy atom. The third kappa shape index (κ3) is 3.80. The van der Waals surface area contributed by atoms with E-state index in [0.29, 0.717) is 15.6 Å². The van der Waals surface area contributed by atoms with E-state index in [1.54, 1.807) is 19.1 Å². The van der Waals surface area contributed by atoms with Crippen LogP contribution in [0.2, 0.25) is 0 Å². The second-order valence-electron chi connectivity index (χ2n) is 5.59. The second-order valence-corrected chi connectivity index (χ2v) is 6.51. The highest BCUT2D eigenvalue weighted by Gasteiger charge is 2.22. The van der Waals surface area contributed by atoms with Gasteiger partial charge in [-0.05, 0) is 43.7 Å². The molecule has 0 spiro atoms. The van der Waals surface area contributed by atoms with E-state index in [2.05, 4.69) is 26.1 Å². The number of hydrogen-bond acceptors (Lipinski definition) is 5. The Morgan fingerprint density at radius 2 is 1.96 bits per heavy atom. The summed E-state index contributed by atoms with van der Waals surface area (Å²) in [7, 11) is 0. The normalized spacial score (nSPS) is 12.0. The lowest BCUT2D eigenvalue weighted by molar-refractivity contribution is 0.0260. The van der Waals surface area contributed by atoms with Crippen LogP contribution in [0.25, 0.3) is 11.4 Å². The van der Waals surface area contributed by atoms with Crippen LogP contribution >= 0.6 is 15.9 Å². The molecule has 26 heavy (non-hydrogen) atoms. The maximum absolute atomic E-state index is 13.8. The second kappa shape index (κ2) is 7.33. The minimum absolute atomic E-state index is 0.0183. The molecule has 8 heteroatoms. The molecule has 2 aromatic carbocycles. The van der Waals surface area contributed by atoms with Gasteiger partial charge in [0, 0.05) is 10.0 Å². The first kappa shape index (κ1) is 18.2. The molecule has 0 aliphatic rings. The van der Waals surface area contributed by atoms with Crippen LogP contribution in [0.3, 0.4) is 0 Å². The summed E-state index contributed by atoms with van der Waals surface area (Å²) >= 11 is 3.17. The molecule has 0 bridgehead atoms. The van der Waals surface area contributed by atoms with E-state index in [1.807, 2.05) is 0 Å². The van der Waals surface area contributed by atoms with Crippen molar-refractivity contribution in [3.8, 4) is 11.4 Å².